The molecule has 4 nitrogen and oxygen atoms in total. The van der Waals surface area contributed by atoms with Crippen molar-refractivity contribution < 1.29 is 19.4 Å². The molecule has 0 heterocycles. The third kappa shape index (κ3) is 12.7. The van der Waals surface area contributed by atoms with Crippen LogP contribution in [0.5, 0.6) is 0 Å². The van der Waals surface area contributed by atoms with Crippen molar-refractivity contribution >= 4 is 11.9 Å². The Balaban J connectivity index is 3.59. The summed E-state index contributed by atoms with van der Waals surface area (Å²) in [6, 6.07) is 0. The van der Waals surface area contributed by atoms with Gasteiger partial charge in [-0.3, -0.25) is 9.59 Å². The van der Waals surface area contributed by atoms with E-state index < -0.39 is 5.97 Å². The van der Waals surface area contributed by atoms with Crippen LogP contribution >= 0.6 is 0 Å². The normalized spacial score (nSPS) is 12.1. The lowest BCUT2D eigenvalue weighted by atomic mass is 9.98. The molecule has 0 aliphatic rings. The number of esters is 1. The number of hydrogen-bond donors (Lipinski definition) is 1. The fraction of sp³-hybridized carbons (Fsp3) is 0.889. The number of rotatable bonds is 15. The van der Waals surface area contributed by atoms with Crippen molar-refractivity contribution in [3.05, 3.63) is 0 Å². The predicted octanol–water partition coefficient (Wildman–Crippen LogP) is 4.95. The maximum Gasteiger partial charge on any atom is 0.308 e. The number of aliphatic carboxylic acids is 1. The molecule has 0 bridgehead atoms. The largest absolute Gasteiger partial charge is 0.481 e. The molecule has 22 heavy (non-hydrogen) atoms. The number of ether oxygens (including phenoxy) is 1. The molecule has 1 unspecified atom stereocenters. The van der Waals surface area contributed by atoms with Crippen LogP contribution < -0.4 is 0 Å². The lowest BCUT2D eigenvalue weighted by molar-refractivity contribution is -0.149. The summed E-state index contributed by atoms with van der Waals surface area (Å²) in [4.78, 5) is 22.3. The molecule has 4 heteroatoms. The minimum Gasteiger partial charge on any atom is -0.481 e. The van der Waals surface area contributed by atoms with Gasteiger partial charge >= 0.3 is 11.9 Å². The molecule has 0 aromatic rings. The highest BCUT2D eigenvalue weighted by molar-refractivity contribution is 5.72. The SMILES string of the molecule is CCCCCCOC(=O)C(CC)CCCCCCCC(=O)O. The van der Waals surface area contributed by atoms with Gasteiger partial charge in [0.1, 0.15) is 0 Å². The van der Waals surface area contributed by atoms with Crippen LogP contribution in [0.15, 0.2) is 0 Å². The Kier molecular flexibility index (Phi) is 14.1. The van der Waals surface area contributed by atoms with Gasteiger partial charge in [-0.15, -0.1) is 0 Å². The van der Waals surface area contributed by atoms with E-state index in [2.05, 4.69) is 6.92 Å². The van der Waals surface area contributed by atoms with Gasteiger partial charge in [0.15, 0.2) is 0 Å². The van der Waals surface area contributed by atoms with Gasteiger partial charge in [-0.25, -0.2) is 0 Å². The van der Waals surface area contributed by atoms with E-state index >= 15 is 0 Å². The minimum absolute atomic E-state index is 0.0326. The first-order valence-corrected chi connectivity index (χ1v) is 9.00. The molecule has 0 rings (SSSR count). The Morgan fingerprint density at radius 1 is 0.909 bits per heavy atom. The Bertz CT molecular complexity index is 289. The number of carboxylic acids is 1. The second-order valence-corrected chi connectivity index (χ2v) is 6.03. The molecule has 0 saturated heterocycles. The maximum absolute atomic E-state index is 12.0. The van der Waals surface area contributed by atoms with Crippen LogP contribution in [-0.2, 0) is 14.3 Å². The molecule has 0 spiro atoms. The van der Waals surface area contributed by atoms with Crippen LogP contribution in [0.25, 0.3) is 0 Å². The van der Waals surface area contributed by atoms with Crippen LogP contribution in [0.4, 0.5) is 0 Å². The molecule has 0 aromatic carbocycles. The molecule has 0 radical (unpaired) electrons. The molecule has 130 valence electrons. The van der Waals surface area contributed by atoms with Gasteiger partial charge < -0.3 is 9.84 Å². The lowest BCUT2D eigenvalue weighted by Crippen LogP contribution is -2.17. The van der Waals surface area contributed by atoms with Crippen LogP contribution in [0.2, 0.25) is 0 Å². The zero-order valence-corrected chi connectivity index (χ0v) is 14.4. The molecule has 1 N–H and O–H groups in total. The zero-order valence-electron chi connectivity index (χ0n) is 14.4. The summed E-state index contributed by atoms with van der Waals surface area (Å²) in [7, 11) is 0. The van der Waals surface area contributed by atoms with Crippen molar-refractivity contribution in [2.75, 3.05) is 6.61 Å². The van der Waals surface area contributed by atoms with Gasteiger partial charge in [0.05, 0.1) is 12.5 Å². The number of hydrogen-bond acceptors (Lipinski definition) is 3. The van der Waals surface area contributed by atoms with E-state index in [0.717, 1.165) is 57.8 Å². The summed E-state index contributed by atoms with van der Waals surface area (Å²) in [5, 5.41) is 8.55. The fourth-order valence-corrected chi connectivity index (χ4v) is 2.51. The fourth-order valence-electron chi connectivity index (χ4n) is 2.51. The van der Waals surface area contributed by atoms with Crippen LogP contribution in [0.3, 0.4) is 0 Å². The van der Waals surface area contributed by atoms with Crippen LogP contribution in [-0.4, -0.2) is 23.7 Å². The lowest BCUT2D eigenvalue weighted by Gasteiger charge is -2.14. The highest BCUT2D eigenvalue weighted by Crippen LogP contribution is 2.17. The molecule has 0 saturated carbocycles. The van der Waals surface area contributed by atoms with Gasteiger partial charge in [-0.2, -0.15) is 0 Å². The van der Waals surface area contributed by atoms with E-state index in [1.807, 2.05) is 6.92 Å². The summed E-state index contributed by atoms with van der Waals surface area (Å²) >= 11 is 0. The number of carboxylic acid groups (broad SMARTS) is 1. The Morgan fingerprint density at radius 3 is 2.18 bits per heavy atom. The van der Waals surface area contributed by atoms with Gasteiger partial charge in [0.25, 0.3) is 0 Å². The standard InChI is InChI=1S/C18H34O4/c1-3-5-6-12-15-22-18(21)16(4-2)13-10-8-7-9-11-14-17(19)20/h16H,3-15H2,1-2H3,(H,19,20). The van der Waals surface area contributed by atoms with Crippen molar-refractivity contribution in [1.29, 1.82) is 0 Å². The summed E-state index contributed by atoms with van der Waals surface area (Å²) in [6.45, 7) is 4.77. The highest BCUT2D eigenvalue weighted by atomic mass is 16.5. The quantitative estimate of drug-likeness (QED) is 0.343. The van der Waals surface area contributed by atoms with Crippen molar-refractivity contribution in [2.24, 2.45) is 5.92 Å². The third-order valence-electron chi connectivity index (χ3n) is 4.01. The average Bonchev–Trinajstić information content (AvgIpc) is 2.49. The summed E-state index contributed by atoms with van der Waals surface area (Å²) < 4.78 is 5.36. The van der Waals surface area contributed by atoms with Crippen LogP contribution in [0, 0.1) is 5.92 Å². The van der Waals surface area contributed by atoms with E-state index in [9.17, 15) is 9.59 Å². The summed E-state index contributed by atoms with van der Waals surface area (Å²) in [6.07, 6.45) is 11.4. The van der Waals surface area contributed by atoms with Crippen molar-refractivity contribution in [3.63, 3.8) is 0 Å². The summed E-state index contributed by atoms with van der Waals surface area (Å²) in [5.41, 5.74) is 0. The Hall–Kier alpha value is -1.06. The smallest absolute Gasteiger partial charge is 0.308 e. The molecule has 0 amide bonds. The number of carbonyl (C=O) groups excluding carboxylic acids is 1. The van der Waals surface area contributed by atoms with E-state index in [-0.39, 0.29) is 18.3 Å². The number of carbonyl (C=O) groups is 2. The van der Waals surface area contributed by atoms with E-state index in [0.29, 0.717) is 6.61 Å². The van der Waals surface area contributed by atoms with Crippen molar-refractivity contribution in [3.8, 4) is 0 Å². The van der Waals surface area contributed by atoms with Gasteiger partial charge in [-0.1, -0.05) is 58.8 Å². The topological polar surface area (TPSA) is 63.6 Å². The first-order valence-electron chi connectivity index (χ1n) is 9.00. The average molecular weight is 314 g/mol. The Labute approximate surface area is 135 Å². The Morgan fingerprint density at radius 2 is 1.55 bits per heavy atom. The molecule has 0 aromatic heterocycles. The first kappa shape index (κ1) is 20.9. The predicted molar refractivity (Wildman–Crippen MR) is 88.8 cm³/mol. The zero-order chi connectivity index (χ0) is 16.6. The monoisotopic (exact) mass is 314 g/mol. The molecule has 1 atom stereocenters. The van der Waals surface area contributed by atoms with E-state index in [1.165, 1.54) is 12.8 Å². The second-order valence-electron chi connectivity index (χ2n) is 6.03. The number of unbranched alkanes of at least 4 members (excludes halogenated alkanes) is 7. The van der Waals surface area contributed by atoms with E-state index in [1.54, 1.807) is 0 Å². The molecular formula is C18H34O4. The third-order valence-corrected chi connectivity index (χ3v) is 4.01. The van der Waals surface area contributed by atoms with Crippen molar-refractivity contribution in [2.45, 2.75) is 90.9 Å². The second kappa shape index (κ2) is 14.9. The molecular weight excluding hydrogens is 280 g/mol. The molecule has 0 aliphatic heterocycles. The minimum atomic E-state index is -0.715. The van der Waals surface area contributed by atoms with E-state index in [4.69, 9.17) is 9.84 Å². The maximum atomic E-state index is 12.0. The molecule has 0 aliphatic carbocycles. The van der Waals surface area contributed by atoms with Gasteiger partial charge in [0.2, 0.25) is 0 Å². The first-order chi connectivity index (χ1) is 10.6. The summed E-state index contributed by atoms with van der Waals surface area (Å²) in [5.74, 6) is -0.720. The highest BCUT2D eigenvalue weighted by Gasteiger charge is 2.17. The van der Waals surface area contributed by atoms with Crippen molar-refractivity contribution in [1.82, 2.24) is 0 Å². The van der Waals surface area contributed by atoms with Gasteiger partial charge in [-0.05, 0) is 25.7 Å². The van der Waals surface area contributed by atoms with Gasteiger partial charge in [0, 0.05) is 6.42 Å². The van der Waals surface area contributed by atoms with Crippen LogP contribution in [0.1, 0.15) is 90.9 Å². The molecule has 0 fully saturated rings.